The van der Waals surface area contributed by atoms with Gasteiger partial charge in [0, 0.05) is 22.3 Å². The third-order valence-corrected chi connectivity index (χ3v) is 6.23. The Kier molecular flexibility index (Phi) is 7.80. The van der Waals surface area contributed by atoms with Crippen LogP contribution in [0.4, 0.5) is 5.69 Å². The number of amides is 1. The maximum absolute atomic E-state index is 12.5. The predicted molar refractivity (Wildman–Crippen MR) is 135 cm³/mol. The Morgan fingerprint density at radius 3 is 2.42 bits per heavy atom. The molecule has 0 fully saturated rings. The normalized spacial score (nSPS) is 10.7. The second kappa shape index (κ2) is 11.2. The first-order valence-electron chi connectivity index (χ1n) is 10.5. The van der Waals surface area contributed by atoms with Crippen molar-refractivity contribution in [3.05, 3.63) is 94.7 Å². The molecular formula is C25H23BrN4O2S. The van der Waals surface area contributed by atoms with Crippen molar-refractivity contribution in [1.82, 2.24) is 14.8 Å². The SMILES string of the molecule is CCOc1ccc(-n2c(Cc3ccccc3)nnc2SCC(=O)Nc2ccc(Br)cc2)cc1. The van der Waals surface area contributed by atoms with E-state index in [1.165, 1.54) is 11.8 Å². The highest BCUT2D eigenvalue weighted by Crippen LogP contribution is 2.25. The molecule has 0 bridgehead atoms. The second-order valence-corrected chi connectivity index (χ2v) is 9.03. The summed E-state index contributed by atoms with van der Waals surface area (Å²) < 4.78 is 8.54. The number of carbonyl (C=O) groups excluding carboxylic acids is 1. The number of anilines is 1. The number of halogens is 1. The Balaban J connectivity index is 1.54. The highest BCUT2D eigenvalue weighted by atomic mass is 79.9. The van der Waals surface area contributed by atoms with Gasteiger partial charge in [0.15, 0.2) is 5.16 Å². The Bertz CT molecular complexity index is 1200. The number of benzene rings is 3. The number of hydrogen-bond acceptors (Lipinski definition) is 5. The first-order chi connectivity index (χ1) is 16.1. The summed E-state index contributed by atoms with van der Waals surface area (Å²) in [6.07, 6.45) is 0.632. The number of carbonyl (C=O) groups is 1. The van der Waals surface area contributed by atoms with Gasteiger partial charge in [0.05, 0.1) is 12.4 Å². The fourth-order valence-electron chi connectivity index (χ4n) is 3.26. The van der Waals surface area contributed by atoms with Crippen molar-refractivity contribution < 1.29 is 9.53 Å². The zero-order valence-corrected chi connectivity index (χ0v) is 20.5. The molecule has 0 aliphatic rings. The average Bonchev–Trinajstić information content (AvgIpc) is 3.23. The Morgan fingerprint density at radius 2 is 1.73 bits per heavy atom. The number of nitrogens with zero attached hydrogens (tertiary/aromatic N) is 3. The average molecular weight is 523 g/mol. The van der Waals surface area contributed by atoms with E-state index in [1.54, 1.807) is 0 Å². The molecule has 33 heavy (non-hydrogen) atoms. The number of nitrogens with one attached hydrogen (secondary N) is 1. The second-order valence-electron chi connectivity index (χ2n) is 7.17. The highest BCUT2D eigenvalue weighted by Gasteiger charge is 2.16. The summed E-state index contributed by atoms with van der Waals surface area (Å²) in [5.41, 5.74) is 2.81. The van der Waals surface area contributed by atoms with E-state index in [9.17, 15) is 4.79 Å². The van der Waals surface area contributed by atoms with Gasteiger partial charge in [-0.05, 0) is 61.0 Å². The van der Waals surface area contributed by atoms with E-state index in [0.717, 1.165) is 33.0 Å². The number of aromatic nitrogens is 3. The first kappa shape index (κ1) is 23.1. The van der Waals surface area contributed by atoms with Crippen molar-refractivity contribution in [2.45, 2.75) is 18.5 Å². The van der Waals surface area contributed by atoms with Crippen molar-refractivity contribution in [3.8, 4) is 11.4 Å². The lowest BCUT2D eigenvalue weighted by molar-refractivity contribution is -0.113. The molecule has 3 aromatic carbocycles. The summed E-state index contributed by atoms with van der Waals surface area (Å²) in [5, 5.41) is 12.4. The topological polar surface area (TPSA) is 69.0 Å². The summed E-state index contributed by atoms with van der Waals surface area (Å²) in [6, 6.07) is 25.5. The monoisotopic (exact) mass is 522 g/mol. The molecule has 0 radical (unpaired) electrons. The quantitative estimate of drug-likeness (QED) is 0.283. The van der Waals surface area contributed by atoms with Gasteiger partial charge in [-0.3, -0.25) is 9.36 Å². The number of rotatable bonds is 9. The highest BCUT2D eigenvalue weighted by molar-refractivity contribution is 9.10. The van der Waals surface area contributed by atoms with Crippen molar-refractivity contribution in [2.24, 2.45) is 0 Å². The molecule has 0 aliphatic carbocycles. The lowest BCUT2D eigenvalue weighted by Crippen LogP contribution is -2.14. The van der Waals surface area contributed by atoms with Crippen LogP contribution in [0.1, 0.15) is 18.3 Å². The first-order valence-corrected chi connectivity index (χ1v) is 12.3. The fraction of sp³-hybridized carbons (Fsp3) is 0.160. The molecule has 1 heterocycles. The standard InChI is InChI=1S/C25H23BrN4O2S/c1-2-32-22-14-12-21(13-15-22)30-23(16-18-6-4-3-5-7-18)28-29-25(30)33-17-24(31)27-20-10-8-19(26)9-11-20/h3-15H,2,16-17H2,1H3,(H,27,31). The van der Waals surface area contributed by atoms with Crippen molar-refractivity contribution >= 4 is 39.3 Å². The minimum atomic E-state index is -0.104. The Morgan fingerprint density at radius 1 is 1.00 bits per heavy atom. The summed E-state index contributed by atoms with van der Waals surface area (Å²) >= 11 is 4.75. The van der Waals surface area contributed by atoms with Crippen molar-refractivity contribution in [1.29, 1.82) is 0 Å². The lowest BCUT2D eigenvalue weighted by Gasteiger charge is -2.12. The fourth-order valence-corrected chi connectivity index (χ4v) is 4.30. The molecule has 1 amide bonds. The lowest BCUT2D eigenvalue weighted by atomic mass is 10.1. The van der Waals surface area contributed by atoms with E-state index in [0.29, 0.717) is 18.2 Å². The minimum Gasteiger partial charge on any atom is -0.494 e. The van der Waals surface area contributed by atoms with Crippen LogP contribution >= 0.6 is 27.7 Å². The molecule has 0 saturated carbocycles. The number of ether oxygens (including phenoxy) is 1. The van der Waals surface area contributed by atoms with Gasteiger partial charge in [0.25, 0.3) is 0 Å². The van der Waals surface area contributed by atoms with Crippen LogP contribution in [-0.4, -0.2) is 33.0 Å². The molecule has 168 valence electrons. The maximum Gasteiger partial charge on any atom is 0.234 e. The molecular weight excluding hydrogens is 500 g/mol. The Hall–Kier alpha value is -3.10. The minimum absolute atomic E-state index is 0.104. The van der Waals surface area contributed by atoms with Gasteiger partial charge in [-0.15, -0.1) is 10.2 Å². The molecule has 1 N–H and O–H groups in total. The van der Waals surface area contributed by atoms with E-state index in [-0.39, 0.29) is 11.7 Å². The molecule has 0 unspecified atom stereocenters. The van der Waals surface area contributed by atoms with E-state index >= 15 is 0 Å². The largest absolute Gasteiger partial charge is 0.494 e. The molecule has 8 heteroatoms. The van der Waals surface area contributed by atoms with Gasteiger partial charge < -0.3 is 10.1 Å². The maximum atomic E-state index is 12.5. The molecule has 0 atom stereocenters. The Labute approximate surface area is 205 Å². The third kappa shape index (κ3) is 6.24. The van der Waals surface area contributed by atoms with Crippen LogP contribution in [0.2, 0.25) is 0 Å². The molecule has 4 rings (SSSR count). The van der Waals surface area contributed by atoms with Crippen LogP contribution in [-0.2, 0) is 11.2 Å². The van der Waals surface area contributed by atoms with E-state index < -0.39 is 0 Å². The van der Waals surface area contributed by atoms with Crippen LogP contribution in [0.3, 0.4) is 0 Å². The summed E-state index contributed by atoms with van der Waals surface area (Å²) in [7, 11) is 0. The summed E-state index contributed by atoms with van der Waals surface area (Å²) in [4.78, 5) is 12.5. The summed E-state index contributed by atoms with van der Waals surface area (Å²) in [5.74, 6) is 1.73. The van der Waals surface area contributed by atoms with Gasteiger partial charge in [-0.2, -0.15) is 0 Å². The van der Waals surface area contributed by atoms with E-state index in [1.807, 2.05) is 78.2 Å². The summed E-state index contributed by atoms with van der Waals surface area (Å²) in [6.45, 7) is 2.57. The van der Waals surface area contributed by atoms with Crippen LogP contribution in [0.5, 0.6) is 5.75 Å². The van der Waals surface area contributed by atoms with E-state index in [4.69, 9.17) is 4.74 Å². The van der Waals surface area contributed by atoms with Crippen LogP contribution in [0.25, 0.3) is 5.69 Å². The van der Waals surface area contributed by atoms with Crippen LogP contribution in [0, 0.1) is 0 Å². The van der Waals surface area contributed by atoms with E-state index in [2.05, 4.69) is 43.6 Å². The van der Waals surface area contributed by atoms with Gasteiger partial charge in [-0.1, -0.05) is 58.0 Å². The van der Waals surface area contributed by atoms with Crippen molar-refractivity contribution in [3.63, 3.8) is 0 Å². The molecule has 4 aromatic rings. The van der Waals surface area contributed by atoms with Crippen LogP contribution in [0.15, 0.2) is 88.5 Å². The van der Waals surface area contributed by atoms with Gasteiger partial charge in [0.2, 0.25) is 5.91 Å². The zero-order chi connectivity index (χ0) is 23.0. The molecule has 0 saturated heterocycles. The predicted octanol–water partition coefficient (Wildman–Crippen LogP) is 5.75. The molecule has 0 spiro atoms. The molecule has 6 nitrogen and oxygen atoms in total. The van der Waals surface area contributed by atoms with Crippen molar-refractivity contribution in [2.75, 3.05) is 17.7 Å². The van der Waals surface area contributed by atoms with Gasteiger partial charge >= 0.3 is 0 Å². The zero-order valence-electron chi connectivity index (χ0n) is 18.1. The van der Waals surface area contributed by atoms with Gasteiger partial charge in [0.1, 0.15) is 11.6 Å². The number of hydrogen-bond donors (Lipinski definition) is 1. The smallest absolute Gasteiger partial charge is 0.234 e. The third-order valence-electron chi connectivity index (χ3n) is 4.77. The van der Waals surface area contributed by atoms with Gasteiger partial charge in [-0.25, -0.2) is 0 Å². The molecule has 1 aromatic heterocycles. The number of thioether (sulfide) groups is 1. The molecule has 0 aliphatic heterocycles. The van der Waals surface area contributed by atoms with Crippen LogP contribution < -0.4 is 10.1 Å².